The van der Waals surface area contributed by atoms with Crippen LogP contribution >= 0.6 is 0 Å². The van der Waals surface area contributed by atoms with E-state index in [9.17, 15) is 14.4 Å². The van der Waals surface area contributed by atoms with Crippen molar-refractivity contribution in [2.45, 2.75) is 26.7 Å². The van der Waals surface area contributed by atoms with Crippen molar-refractivity contribution in [3.63, 3.8) is 0 Å². The van der Waals surface area contributed by atoms with Crippen LogP contribution < -0.4 is 10.6 Å². The summed E-state index contributed by atoms with van der Waals surface area (Å²) in [7, 11) is 0. The molecule has 0 bridgehead atoms. The van der Waals surface area contributed by atoms with E-state index < -0.39 is 5.91 Å². The summed E-state index contributed by atoms with van der Waals surface area (Å²) in [6.45, 7) is 4.03. The standard InChI is InChI=1S/C20H20FN3O/c1-3-14-6-5-7-15(4-2)19(14)24-20(25)16(12-22)13-23-18-10-8-17(21)9-11-18/h5-11,13,23H,3-4H2,1-2H3,(H,24,25)/b16-13-. The molecule has 2 aromatic rings. The van der Waals surface area contributed by atoms with E-state index in [0.29, 0.717) is 5.69 Å². The summed E-state index contributed by atoms with van der Waals surface area (Å²) in [6.07, 6.45) is 2.88. The van der Waals surface area contributed by atoms with Gasteiger partial charge in [0, 0.05) is 17.6 Å². The number of carbonyl (C=O) groups is 1. The molecule has 0 aromatic heterocycles. The molecule has 4 nitrogen and oxygen atoms in total. The molecule has 0 unspecified atom stereocenters. The van der Waals surface area contributed by atoms with Crippen LogP contribution in [-0.2, 0) is 17.6 Å². The highest BCUT2D eigenvalue weighted by Gasteiger charge is 2.13. The highest BCUT2D eigenvalue weighted by Crippen LogP contribution is 2.23. The van der Waals surface area contributed by atoms with Gasteiger partial charge in [0.15, 0.2) is 0 Å². The lowest BCUT2D eigenvalue weighted by atomic mass is 10.0. The quantitative estimate of drug-likeness (QED) is 0.606. The number of carbonyl (C=O) groups excluding carboxylic acids is 1. The first-order chi connectivity index (χ1) is 12.1. The summed E-state index contributed by atoms with van der Waals surface area (Å²) in [5.41, 5.74) is 3.34. The number of amides is 1. The SMILES string of the molecule is CCc1cccc(CC)c1NC(=O)/C(C#N)=C\Nc1ccc(F)cc1. The van der Waals surface area contributed by atoms with Crippen LogP contribution in [0.15, 0.2) is 54.2 Å². The van der Waals surface area contributed by atoms with Crippen LogP contribution in [0.5, 0.6) is 0 Å². The molecule has 1 amide bonds. The molecular formula is C20H20FN3O. The molecular weight excluding hydrogens is 317 g/mol. The Hall–Kier alpha value is -3.13. The molecule has 0 aliphatic rings. The molecule has 0 spiro atoms. The molecule has 0 radical (unpaired) electrons. The van der Waals surface area contributed by atoms with Gasteiger partial charge in [-0.15, -0.1) is 0 Å². The van der Waals surface area contributed by atoms with Gasteiger partial charge in [-0.05, 0) is 48.2 Å². The molecule has 0 aliphatic carbocycles. The predicted molar refractivity (Wildman–Crippen MR) is 97.5 cm³/mol. The molecule has 25 heavy (non-hydrogen) atoms. The molecule has 0 fully saturated rings. The van der Waals surface area contributed by atoms with Gasteiger partial charge in [0.25, 0.3) is 5.91 Å². The van der Waals surface area contributed by atoms with Crippen molar-refractivity contribution in [2.24, 2.45) is 0 Å². The summed E-state index contributed by atoms with van der Waals surface area (Å²) in [4.78, 5) is 12.5. The fourth-order valence-electron chi connectivity index (χ4n) is 2.43. The van der Waals surface area contributed by atoms with Gasteiger partial charge in [-0.2, -0.15) is 5.26 Å². The van der Waals surface area contributed by atoms with E-state index in [1.807, 2.05) is 38.1 Å². The van der Waals surface area contributed by atoms with Crippen LogP contribution in [0.1, 0.15) is 25.0 Å². The minimum Gasteiger partial charge on any atom is -0.360 e. The fourth-order valence-corrected chi connectivity index (χ4v) is 2.43. The number of hydrogen-bond donors (Lipinski definition) is 2. The van der Waals surface area contributed by atoms with E-state index in [-0.39, 0.29) is 11.4 Å². The first kappa shape index (κ1) is 18.2. The summed E-state index contributed by atoms with van der Waals surface area (Å²) in [6, 6.07) is 13.4. The van der Waals surface area contributed by atoms with Crippen LogP contribution in [0.3, 0.4) is 0 Å². The van der Waals surface area contributed by atoms with Gasteiger partial charge < -0.3 is 10.6 Å². The molecule has 0 aliphatic heterocycles. The third kappa shape index (κ3) is 4.67. The maximum Gasteiger partial charge on any atom is 0.267 e. The second-order valence-corrected chi connectivity index (χ2v) is 5.43. The average Bonchev–Trinajstić information content (AvgIpc) is 2.63. The minimum absolute atomic E-state index is 0.0581. The Labute approximate surface area is 147 Å². The van der Waals surface area contributed by atoms with Gasteiger partial charge in [-0.3, -0.25) is 4.79 Å². The number of benzene rings is 2. The molecule has 0 atom stereocenters. The summed E-state index contributed by atoms with van der Waals surface area (Å²) >= 11 is 0. The summed E-state index contributed by atoms with van der Waals surface area (Å²) in [5.74, 6) is -0.830. The van der Waals surface area contributed by atoms with Crippen LogP contribution in [0.2, 0.25) is 0 Å². The lowest BCUT2D eigenvalue weighted by molar-refractivity contribution is -0.112. The number of anilines is 2. The van der Waals surface area contributed by atoms with Gasteiger partial charge in [0.05, 0.1) is 0 Å². The van der Waals surface area contributed by atoms with E-state index in [1.165, 1.54) is 30.5 Å². The Morgan fingerprint density at radius 1 is 1.12 bits per heavy atom. The van der Waals surface area contributed by atoms with Gasteiger partial charge in [0.2, 0.25) is 0 Å². The van der Waals surface area contributed by atoms with Crippen molar-refractivity contribution in [3.8, 4) is 6.07 Å². The monoisotopic (exact) mass is 337 g/mol. The van der Waals surface area contributed by atoms with E-state index in [1.54, 1.807) is 0 Å². The maximum absolute atomic E-state index is 12.9. The van der Waals surface area contributed by atoms with E-state index in [2.05, 4.69) is 10.6 Å². The zero-order valence-corrected chi connectivity index (χ0v) is 14.3. The number of halogens is 1. The lowest BCUT2D eigenvalue weighted by Gasteiger charge is -2.14. The van der Waals surface area contributed by atoms with Crippen molar-refractivity contribution in [3.05, 3.63) is 71.2 Å². The molecule has 0 saturated carbocycles. The first-order valence-corrected chi connectivity index (χ1v) is 8.13. The highest BCUT2D eigenvalue weighted by molar-refractivity contribution is 6.07. The van der Waals surface area contributed by atoms with Gasteiger partial charge in [-0.25, -0.2) is 4.39 Å². The molecule has 0 heterocycles. The predicted octanol–water partition coefficient (Wildman–Crippen LogP) is 4.41. The average molecular weight is 337 g/mol. The second-order valence-electron chi connectivity index (χ2n) is 5.43. The fraction of sp³-hybridized carbons (Fsp3) is 0.200. The zero-order valence-electron chi connectivity index (χ0n) is 14.3. The van der Waals surface area contributed by atoms with Crippen molar-refractivity contribution < 1.29 is 9.18 Å². The van der Waals surface area contributed by atoms with E-state index in [4.69, 9.17) is 0 Å². The maximum atomic E-state index is 12.9. The molecule has 0 saturated heterocycles. The van der Waals surface area contributed by atoms with E-state index in [0.717, 1.165) is 29.7 Å². The van der Waals surface area contributed by atoms with Crippen molar-refractivity contribution >= 4 is 17.3 Å². The van der Waals surface area contributed by atoms with Crippen molar-refractivity contribution in [1.29, 1.82) is 5.26 Å². The number of nitrogens with zero attached hydrogens (tertiary/aromatic N) is 1. The number of aryl methyl sites for hydroxylation is 2. The number of hydrogen-bond acceptors (Lipinski definition) is 3. The number of rotatable bonds is 6. The normalized spacial score (nSPS) is 10.9. The Kier molecular flexibility index (Phi) is 6.30. The highest BCUT2D eigenvalue weighted by atomic mass is 19.1. The summed E-state index contributed by atoms with van der Waals surface area (Å²) < 4.78 is 12.9. The zero-order chi connectivity index (χ0) is 18.2. The van der Waals surface area contributed by atoms with Crippen LogP contribution in [0.4, 0.5) is 15.8 Å². The van der Waals surface area contributed by atoms with Gasteiger partial charge in [-0.1, -0.05) is 32.0 Å². The Morgan fingerprint density at radius 2 is 1.72 bits per heavy atom. The van der Waals surface area contributed by atoms with Crippen molar-refractivity contribution in [2.75, 3.05) is 10.6 Å². The van der Waals surface area contributed by atoms with Gasteiger partial charge >= 0.3 is 0 Å². The molecule has 128 valence electrons. The Balaban J connectivity index is 2.19. The molecule has 2 N–H and O–H groups in total. The number of nitrogens with one attached hydrogen (secondary N) is 2. The van der Waals surface area contributed by atoms with Crippen LogP contribution in [0, 0.1) is 17.1 Å². The second kappa shape index (κ2) is 8.65. The Morgan fingerprint density at radius 3 is 2.24 bits per heavy atom. The summed E-state index contributed by atoms with van der Waals surface area (Å²) in [5, 5.41) is 15.0. The van der Waals surface area contributed by atoms with E-state index >= 15 is 0 Å². The number of para-hydroxylation sites is 1. The number of nitriles is 1. The Bertz CT molecular complexity index is 798. The smallest absolute Gasteiger partial charge is 0.267 e. The first-order valence-electron chi connectivity index (χ1n) is 8.13. The van der Waals surface area contributed by atoms with Crippen LogP contribution in [-0.4, -0.2) is 5.91 Å². The largest absolute Gasteiger partial charge is 0.360 e. The lowest BCUT2D eigenvalue weighted by Crippen LogP contribution is -2.17. The van der Waals surface area contributed by atoms with Gasteiger partial charge in [0.1, 0.15) is 17.5 Å². The van der Waals surface area contributed by atoms with Crippen LogP contribution in [0.25, 0.3) is 0 Å². The molecule has 2 rings (SSSR count). The minimum atomic E-state index is -0.479. The topological polar surface area (TPSA) is 64.9 Å². The molecule has 2 aromatic carbocycles. The third-order valence-corrected chi connectivity index (χ3v) is 3.83. The third-order valence-electron chi connectivity index (χ3n) is 3.83. The van der Waals surface area contributed by atoms with Crippen molar-refractivity contribution in [1.82, 2.24) is 0 Å². The molecule has 5 heteroatoms.